The van der Waals surface area contributed by atoms with Crippen LogP contribution in [0.2, 0.25) is 0 Å². The molecular weight excluding hydrogens is 376 g/mol. The number of hydrogen-bond acceptors (Lipinski definition) is 8. The molecule has 8 heteroatoms. The molecule has 1 saturated heterocycles. The van der Waals surface area contributed by atoms with Crippen LogP contribution in [0, 0.1) is 0 Å². The maximum atomic E-state index is 11.1. The Kier molecular flexibility index (Phi) is 5.64. The lowest BCUT2D eigenvalue weighted by Crippen LogP contribution is -2.67. The molecule has 2 aromatic carbocycles. The lowest BCUT2D eigenvalue weighted by Gasteiger charge is -2.42. The predicted molar refractivity (Wildman–Crippen MR) is 107 cm³/mol. The van der Waals surface area contributed by atoms with Crippen molar-refractivity contribution >= 4 is 0 Å². The van der Waals surface area contributed by atoms with Crippen LogP contribution >= 0.6 is 0 Å². The number of rotatable bonds is 6. The van der Waals surface area contributed by atoms with Crippen LogP contribution in [-0.4, -0.2) is 49.2 Å². The van der Waals surface area contributed by atoms with E-state index in [1.165, 1.54) is 13.2 Å². The summed E-state index contributed by atoms with van der Waals surface area (Å²) in [5.41, 5.74) is 12.0. The third-order valence-electron chi connectivity index (χ3n) is 5.75. The molecule has 0 spiro atoms. The Balaban J connectivity index is 1.95. The van der Waals surface area contributed by atoms with Crippen molar-refractivity contribution < 1.29 is 29.2 Å². The van der Waals surface area contributed by atoms with E-state index in [4.69, 9.17) is 30.4 Å². The molecule has 0 saturated carbocycles. The van der Waals surface area contributed by atoms with E-state index in [1.54, 1.807) is 45.4 Å². The Labute approximate surface area is 169 Å². The highest BCUT2D eigenvalue weighted by molar-refractivity contribution is 5.46. The summed E-state index contributed by atoms with van der Waals surface area (Å²) < 4.78 is 21.7. The third kappa shape index (κ3) is 3.38. The molecular formula is C21H28N2O6. The first-order valence-electron chi connectivity index (χ1n) is 9.15. The summed E-state index contributed by atoms with van der Waals surface area (Å²) in [7, 11) is 4.55. The number of methoxy groups -OCH3 is 3. The standard InChI is InChI=1S/C21H28N2O6/c1-20(22)19(13-6-8-16(27-3)17(10-13)28-4)29-11-21(20,23)18(25)12-5-7-15(26-2)14(24)9-12/h5-10,18-19,24-25H,11,22-23H2,1-4H3/t18-,19-,20+,21+/m1/s1. The molecule has 3 rings (SSSR count). The van der Waals surface area contributed by atoms with Crippen LogP contribution in [0.15, 0.2) is 36.4 Å². The lowest BCUT2D eigenvalue weighted by molar-refractivity contribution is 0.0515. The molecule has 1 aliphatic rings. The number of phenols is 1. The van der Waals surface area contributed by atoms with Crippen LogP contribution in [0.5, 0.6) is 23.0 Å². The minimum atomic E-state index is -1.31. The van der Waals surface area contributed by atoms with Crippen LogP contribution in [0.25, 0.3) is 0 Å². The average molecular weight is 404 g/mol. The van der Waals surface area contributed by atoms with Gasteiger partial charge >= 0.3 is 0 Å². The van der Waals surface area contributed by atoms with Crippen LogP contribution < -0.4 is 25.7 Å². The zero-order chi connectivity index (χ0) is 21.4. The Morgan fingerprint density at radius 2 is 1.62 bits per heavy atom. The van der Waals surface area contributed by atoms with Gasteiger partial charge in [-0.2, -0.15) is 0 Å². The zero-order valence-electron chi connectivity index (χ0n) is 17.0. The maximum Gasteiger partial charge on any atom is 0.161 e. The maximum absolute atomic E-state index is 11.1. The molecule has 0 bridgehead atoms. The molecule has 4 atom stereocenters. The number of aromatic hydroxyl groups is 1. The fourth-order valence-corrected chi connectivity index (χ4v) is 3.80. The van der Waals surface area contributed by atoms with E-state index in [9.17, 15) is 10.2 Å². The number of hydrogen-bond donors (Lipinski definition) is 4. The Morgan fingerprint density at radius 3 is 2.21 bits per heavy atom. The number of ether oxygens (including phenoxy) is 4. The molecule has 0 amide bonds. The smallest absolute Gasteiger partial charge is 0.161 e. The van der Waals surface area contributed by atoms with Gasteiger partial charge in [-0.1, -0.05) is 12.1 Å². The van der Waals surface area contributed by atoms with E-state index < -0.39 is 23.3 Å². The average Bonchev–Trinajstić information content (AvgIpc) is 2.96. The van der Waals surface area contributed by atoms with Crippen molar-refractivity contribution in [2.24, 2.45) is 11.5 Å². The van der Waals surface area contributed by atoms with Crippen LogP contribution in [-0.2, 0) is 4.74 Å². The summed E-state index contributed by atoms with van der Waals surface area (Å²) in [6, 6.07) is 9.99. The first-order valence-corrected chi connectivity index (χ1v) is 9.15. The van der Waals surface area contributed by atoms with Gasteiger partial charge in [0.15, 0.2) is 23.0 Å². The van der Waals surface area contributed by atoms with Crippen molar-refractivity contribution in [3.63, 3.8) is 0 Å². The molecule has 1 fully saturated rings. The van der Waals surface area contributed by atoms with E-state index in [0.29, 0.717) is 22.8 Å². The van der Waals surface area contributed by atoms with E-state index in [0.717, 1.165) is 5.56 Å². The third-order valence-corrected chi connectivity index (χ3v) is 5.75. The Bertz CT molecular complexity index is 887. The van der Waals surface area contributed by atoms with Gasteiger partial charge in [-0.05, 0) is 42.3 Å². The van der Waals surface area contributed by atoms with Gasteiger partial charge in [-0.3, -0.25) is 0 Å². The predicted octanol–water partition coefficient (Wildman–Crippen LogP) is 1.64. The van der Waals surface area contributed by atoms with Crippen molar-refractivity contribution in [3.05, 3.63) is 47.5 Å². The molecule has 1 heterocycles. The van der Waals surface area contributed by atoms with E-state index in [-0.39, 0.29) is 12.4 Å². The van der Waals surface area contributed by atoms with Gasteiger partial charge in [0.25, 0.3) is 0 Å². The molecule has 158 valence electrons. The normalized spacial score (nSPS) is 27.5. The van der Waals surface area contributed by atoms with E-state index in [1.807, 2.05) is 6.07 Å². The topological polar surface area (TPSA) is 129 Å². The van der Waals surface area contributed by atoms with Gasteiger partial charge in [-0.15, -0.1) is 0 Å². The monoisotopic (exact) mass is 404 g/mol. The summed E-state index contributed by atoms with van der Waals surface area (Å²) >= 11 is 0. The quantitative estimate of drug-likeness (QED) is 0.572. The number of aliphatic hydroxyl groups is 1. The largest absolute Gasteiger partial charge is 0.504 e. The highest BCUT2D eigenvalue weighted by Crippen LogP contribution is 2.48. The van der Waals surface area contributed by atoms with Gasteiger partial charge in [0, 0.05) is 0 Å². The van der Waals surface area contributed by atoms with Crippen LogP contribution in [0.1, 0.15) is 30.3 Å². The second kappa shape index (κ2) is 7.72. The molecule has 0 aromatic heterocycles. The summed E-state index contributed by atoms with van der Waals surface area (Å²) in [4.78, 5) is 0. The molecule has 2 aromatic rings. The molecule has 8 nitrogen and oxygen atoms in total. The van der Waals surface area contributed by atoms with E-state index in [2.05, 4.69) is 0 Å². The fraction of sp³-hybridized carbons (Fsp3) is 0.429. The SMILES string of the molecule is COc1ccc([C@@H](O)[C@@]2(N)CO[C@H](c3ccc(OC)c(OC)c3)[C@]2(C)N)cc1O. The summed E-state index contributed by atoms with van der Waals surface area (Å²) in [6.07, 6.45) is -1.77. The highest BCUT2D eigenvalue weighted by Gasteiger charge is 2.59. The molecule has 6 N–H and O–H groups in total. The van der Waals surface area contributed by atoms with Crippen molar-refractivity contribution in [1.29, 1.82) is 0 Å². The fourth-order valence-electron chi connectivity index (χ4n) is 3.80. The van der Waals surface area contributed by atoms with Gasteiger partial charge in [-0.25, -0.2) is 0 Å². The zero-order valence-corrected chi connectivity index (χ0v) is 17.0. The summed E-state index contributed by atoms with van der Waals surface area (Å²) in [5.74, 6) is 1.33. The number of benzene rings is 2. The van der Waals surface area contributed by atoms with Crippen molar-refractivity contribution in [2.45, 2.75) is 30.2 Å². The Hall–Kier alpha value is -2.52. The van der Waals surface area contributed by atoms with Crippen LogP contribution in [0.4, 0.5) is 0 Å². The van der Waals surface area contributed by atoms with Gasteiger partial charge in [0.05, 0.1) is 39.0 Å². The lowest BCUT2D eigenvalue weighted by atomic mass is 9.71. The molecule has 29 heavy (non-hydrogen) atoms. The summed E-state index contributed by atoms with van der Waals surface area (Å²) in [6.45, 7) is 1.76. The molecule has 1 aliphatic heterocycles. The number of nitrogens with two attached hydrogens (primary N) is 2. The number of aliphatic hydroxyl groups excluding tert-OH is 1. The highest BCUT2D eigenvalue weighted by atomic mass is 16.5. The molecule has 0 unspecified atom stereocenters. The van der Waals surface area contributed by atoms with Crippen molar-refractivity contribution in [2.75, 3.05) is 27.9 Å². The summed E-state index contributed by atoms with van der Waals surface area (Å²) in [5, 5.41) is 21.1. The minimum Gasteiger partial charge on any atom is -0.504 e. The van der Waals surface area contributed by atoms with Crippen LogP contribution in [0.3, 0.4) is 0 Å². The van der Waals surface area contributed by atoms with E-state index >= 15 is 0 Å². The minimum absolute atomic E-state index is 0.0208. The van der Waals surface area contributed by atoms with Gasteiger partial charge < -0.3 is 40.6 Å². The van der Waals surface area contributed by atoms with Gasteiger partial charge in [0.1, 0.15) is 12.2 Å². The molecule has 0 radical (unpaired) electrons. The first kappa shape index (κ1) is 21.2. The second-order valence-electron chi connectivity index (χ2n) is 7.46. The van der Waals surface area contributed by atoms with Crippen molar-refractivity contribution in [1.82, 2.24) is 0 Å². The Morgan fingerprint density at radius 1 is 1.00 bits per heavy atom. The first-order chi connectivity index (χ1) is 13.7. The second-order valence-corrected chi connectivity index (χ2v) is 7.46. The van der Waals surface area contributed by atoms with Crippen molar-refractivity contribution in [3.8, 4) is 23.0 Å². The number of phenolic OH excluding ortho intramolecular Hbond substituents is 1. The van der Waals surface area contributed by atoms with Gasteiger partial charge in [0.2, 0.25) is 0 Å². The molecule has 0 aliphatic carbocycles.